The molecular weight excluding hydrogens is 430 g/mol. The summed E-state index contributed by atoms with van der Waals surface area (Å²) in [7, 11) is 0. The van der Waals surface area contributed by atoms with Crippen LogP contribution in [0.25, 0.3) is 6.08 Å². The first-order valence-electron chi connectivity index (χ1n) is 10.5. The predicted octanol–water partition coefficient (Wildman–Crippen LogP) is 4.59. The van der Waals surface area contributed by atoms with Gasteiger partial charge in [0.2, 0.25) is 0 Å². The maximum absolute atomic E-state index is 13.1. The number of nitrogens with one attached hydrogen (secondary N) is 1. The molecule has 2 aromatic rings. The third-order valence-corrected chi connectivity index (χ3v) is 7.28. The zero-order valence-corrected chi connectivity index (χ0v) is 19.3. The molecule has 0 fully saturated rings. The van der Waals surface area contributed by atoms with Gasteiger partial charge < -0.3 is 19.9 Å². The Bertz CT molecular complexity index is 1190. The molecule has 1 amide bonds. The van der Waals surface area contributed by atoms with E-state index in [2.05, 4.69) is 5.32 Å². The quantitative estimate of drug-likeness (QED) is 0.516. The van der Waals surface area contributed by atoms with Crippen molar-refractivity contribution in [2.75, 3.05) is 11.9 Å². The van der Waals surface area contributed by atoms with E-state index in [1.54, 1.807) is 6.08 Å². The number of ether oxygens (including phenoxy) is 2. The van der Waals surface area contributed by atoms with Crippen LogP contribution >= 0.6 is 11.3 Å². The molecule has 0 saturated carbocycles. The average Bonchev–Trinajstić information content (AvgIpc) is 3.12. The second-order valence-electron chi connectivity index (χ2n) is 8.17. The topological polar surface area (TPSA) is 102 Å². The molecule has 1 aromatic heterocycles. The minimum atomic E-state index is -1.02. The molecule has 4 rings (SSSR count). The van der Waals surface area contributed by atoms with Crippen LogP contribution in [0.4, 0.5) is 5.00 Å². The van der Waals surface area contributed by atoms with Gasteiger partial charge in [-0.15, -0.1) is 11.3 Å². The summed E-state index contributed by atoms with van der Waals surface area (Å²) in [5, 5.41) is 12.9. The molecule has 0 radical (unpaired) electrons. The molecule has 8 heteroatoms. The predicted molar refractivity (Wildman–Crippen MR) is 122 cm³/mol. The summed E-state index contributed by atoms with van der Waals surface area (Å²) in [6.07, 6.45) is 5.27. The number of benzene rings is 1. The number of aryl methyl sites for hydroxylation is 1. The van der Waals surface area contributed by atoms with Gasteiger partial charge in [0.15, 0.2) is 0 Å². The van der Waals surface area contributed by atoms with E-state index in [1.807, 2.05) is 20.8 Å². The van der Waals surface area contributed by atoms with E-state index in [0.717, 1.165) is 47.3 Å². The SMILES string of the molecule is CC(=O)Oc1c(C)c(C)c2c(c1C)C=C(C(=O)Nc1sc3c(c1C(=O)O)CCCC3)CO2. The van der Waals surface area contributed by atoms with E-state index >= 15 is 0 Å². The minimum Gasteiger partial charge on any atom is -0.488 e. The van der Waals surface area contributed by atoms with Gasteiger partial charge in [0.05, 0.1) is 11.1 Å². The molecule has 0 bridgehead atoms. The highest BCUT2D eigenvalue weighted by atomic mass is 32.1. The summed E-state index contributed by atoms with van der Waals surface area (Å²) in [6.45, 7) is 6.98. The van der Waals surface area contributed by atoms with Crippen LogP contribution < -0.4 is 14.8 Å². The first-order valence-corrected chi connectivity index (χ1v) is 11.3. The standard InChI is InChI=1S/C24H25NO6S/c1-11-12(2)21-17(13(3)20(11)31-14(4)26)9-15(10-30-21)22(27)25-23-19(24(28)29)16-7-5-6-8-18(16)32-23/h9H,5-8,10H2,1-4H3,(H,25,27)(H,28,29). The molecule has 2 aliphatic rings. The zero-order valence-electron chi connectivity index (χ0n) is 18.5. The summed E-state index contributed by atoms with van der Waals surface area (Å²) >= 11 is 1.35. The molecule has 0 atom stereocenters. The lowest BCUT2D eigenvalue weighted by atomic mass is 9.94. The Morgan fingerprint density at radius 2 is 1.81 bits per heavy atom. The van der Waals surface area contributed by atoms with Crippen LogP contribution in [0.1, 0.15) is 62.8 Å². The molecule has 0 unspecified atom stereocenters. The first-order chi connectivity index (χ1) is 15.2. The number of anilines is 1. The van der Waals surface area contributed by atoms with Crippen LogP contribution in [0.2, 0.25) is 0 Å². The van der Waals surface area contributed by atoms with Crippen LogP contribution in [-0.2, 0) is 22.4 Å². The highest BCUT2D eigenvalue weighted by Gasteiger charge is 2.29. The summed E-state index contributed by atoms with van der Waals surface area (Å²) < 4.78 is 11.3. The average molecular weight is 456 g/mol. The van der Waals surface area contributed by atoms with Crippen LogP contribution in [0, 0.1) is 20.8 Å². The van der Waals surface area contributed by atoms with E-state index in [0.29, 0.717) is 33.2 Å². The second kappa shape index (κ2) is 8.43. The molecule has 0 spiro atoms. The molecule has 1 aromatic carbocycles. The lowest BCUT2D eigenvalue weighted by molar-refractivity contribution is -0.132. The van der Waals surface area contributed by atoms with Gasteiger partial charge >= 0.3 is 11.9 Å². The van der Waals surface area contributed by atoms with Crippen LogP contribution in [0.3, 0.4) is 0 Å². The third kappa shape index (κ3) is 3.79. The third-order valence-electron chi connectivity index (χ3n) is 6.07. The van der Waals surface area contributed by atoms with Gasteiger partial charge in [-0.2, -0.15) is 0 Å². The van der Waals surface area contributed by atoms with Gasteiger partial charge in [0, 0.05) is 22.9 Å². The largest absolute Gasteiger partial charge is 0.488 e. The van der Waals surface area contributed by atoms with Crippen LogP contribution in [0.5, 0.6) is 11.5 Å². The Labute approximate surface area is 190 Å². The lowest BCUT2D eigenvalue weighted by Crippen LogP contribution is -2.23. The maximum Gasteiger partial charge on any atom is 0.339 e. The van der Waals surface area contributed by atoms with Crippen LogP contribution in [0.15, 0.2) is 5.57 Å². The minimum absolute atomic E-state index is 0.0684. The number of hydrogen-bond acceptors (Lipinski definition) is 6. The van der Waals surface area contributed by atoms with Crippen molar-refractivity contribution >= 4 is 40.3 Å². The molecular formula is C24H25NO6S. The zero-order chi connectivity index (χ0) is 23.2. The van der Waals surface area contributed by atoms with Crippen molar-refractivity contribution in [3.8, 4) is 11.5 Å². The van der Waals surface area contributed by atoms with Crippen molar-refractivity contribution in [3.63, 3.8) is 0 Å². The number of thiophene rings is 1. The Morgan fingerprint density at radius 3 is 2.50 bits per heavy atom. The highest BCUT2D eigenvalue weighted by Crippen LogP contribution is 2.42. The molecule has 0 saturated heterocycles. The van der Waals surface area contributed by atoms with Crippen molar-refractivity contribution in [3.05, 3.63) is 43.8 Å². The van der Waals surface area contributed by atoms with Gasteiger partial charge in [0.25, 0.3) is 5.91 Å². The molecule has 168 valence electrons. The fraction of sp³-hybridized carbons (Fsp3) is 0.375. The number of hydrogen-bond donors (Lipinski definition) is 2. The van der Waals surface area contributed by atoms with Gasteiger partial charge in [-0.3, -0.25) is 9.59 Å². The van der Waals surface area contributed by atoms with Gasteiger partial charge in [-0.1, -0.05) is 0 Å². The van der Waals surface area contributed by atoms with E-state index in [-0.39, 0.29) is 12.2 Å². The summed E-state index contributed by atoms with van der Waals surface area (Å²) in [5.74, 6) is -0.716. The Kier molecular flexibility index (Phi) is 5.81. The molecule has 7 nitrogen and oxygen atoms in total. The summed E-state index contributed by atoms with van der Waals surface area (Å²) in [4.78, 5) is 37.6. The Morgan fingerprint density at radius 1 is 1.09 bits per heavy atom. The number of amides is 1. The van der Waals surface area contributed by atoms with E-state index in [1.165, 1.54) is 18.3 Å². The lowest BCUT2D eigenvalue weighted by Gasteiger charge is -2.24. The fourth-order valence-corrected chi connectivity index (χ4v) is 5.61. The number of fused-ring (bicyclic) bond motifs is 2. The Hall–Kier alpha value is -3.13. The van der Waals surface area contributed by atoms with E-state index < -0.39 is 17.8 Å². The summed E-state index contributed by atoms with van der Waals surface area (Å²) in [6, 6.07) is 0. The summed E-state index contributed by atoms with van der Waals surface area (Å²) in [5.41, 5.74) is 4.47. The normalized spacial score (nSPS) is 14.6. The number of carbonyl (C=O) groups excluding carboxylic acids is 2. The van der Waals surface area contributed by atoms with Gasteiger partial charge in [-0.05, 0) is 69.2 Å². The van der Waals surface area contributed by atoms with E-state index in [9.17, 15) is 19.5 Å². The number of carboxylic acids is 1. The molecule has 1 aliphatic heterocycles. The monoisotopic (exact) mass is 455 g/mol. The van der Waals surface area contributed by atoms with Crippen molar-refractivity contribution in [2.45, 2.75) is 53.4 Å². The van der Waals surface area contributed by atoms with Crippen molar-refractivity contribution in [1.29, 1.82) is 0 Å². The van der Waals surface area contributed by atoms with E-state index in [4.69, 9.17) is 9.47 Å². The van der Waals surface area contributed by atoms with Crippen molar-refractivity contribution < 1.29 is 29.0 Å². The number of carboxylic acid groups (broad SMARTS) is 1. The maximum atomic E-state index is 13.1. The number of esters is 1. The van der Waals surface area contributed by atoms with Gasteiger partial charge in [-0.25, -0.2) is 4.79 Å². The smallest absolute Gasteiger partial charge is 0.339 e. The second-order valence-corrected chi connectivity index (χ2v) is 9.28. The number of carbonyl (C=O) groups is 3. The molecule has 2 heterocycles. The molecule has 1 aliphatic carbocycles. The molecule has 2 N–H and O–H groups in total. The first kappa shape index (κ1) is 22.1. The van der Waals surface area contributed by atoms with Crippen LogP contribution in [-0.4, -0.2) is 29.6 Å². The number of rotatable bonds is 4. The fourth-order valence-electron chi connectivity index (χ4n) is 4.33. The van der Waals surface area contributed by atoms with Gasteiger partial charge in [0.1, 0.15) is 23.1 Å². The number of aromatic carboxylic acids is 1. The van der Waals surface area contributed by atoms with Crippen molar-refractivity contribution in [1.82, 2.24) is 0 Å². The Balaban J connectivity index is 1.69. The highest BCUT2D eigenvalue weighted by molar-refractivity contribution is 7.17. The van der Waals surface area contributed by atoms with Crippen molar-refractivity contribution in [2.24, 2.45) is 0 Å². The molecule has 32 heavy (non-hydrogen) atoms.